The van der Waals surface area contributed by atoms with E-state index < -0.39 is 10.0 Å². The molecule has 2 fully saturated rings. The maximum Gasteiger partial charge on any atom is 0.244 e. The summed E-state index contributed by atoms with van der Waals surface area (Å²) < 4.78 is 39.5. The third kappa shape index (κ3) is 3.39. The average molecular weight is 361 g/mol. The zero-order valence-electron chi connectivity index (χ0n) is 13.7. The number of rotatable bonds is 5. The Morgan fingerprint density at radius 2 is 1.80 bits per heavy atom. The van der Waals surface area contributed by atoms with E-state index in [1.807, 2.05) is 0 Å². The fourth-order valence-electron chi connectivity index (χ4n) is 3.32. The van der Waals surface area contributed by atoms with Crippen molar-refractivity contribution >= 4 is 15.8 Å². The molecule has 2 heterocycles. The van der Waals surface area contributed by atoms with Gasteiger partial charge in [0.05, 0.1) is 0 Å². The van der Waals surface area contributed by atoms with Crippen LogP contribution < -0.4 is 5.32 Å². The number of halogens is 1. The molecule has 1 aromatic carbocycles. The minimum absolute atomic E-state index is 0.231. The number of anilines is 1. The van der Waals surface area contributed by atoms with E-state index in [0.717, 1.165) is 24.8 Å². The zero-order valence-corrected chi connectivity index (χ0v) is 14.5. The number of nitrogens with zero attached hydrogens (tertiary/aromatic N) is 2. The number of pyridine rings is 1. The quantitative estimate of drug-likeness (QED) is 0.889. The molecule has 1 saturated carbocycles. The number of benzene rings is 1. The van der Waals surface area contributed by atoms with Gasteiger partial charge in [-0.25, -0.2) is 17.8 Å². The fourth-order valence-corrected chi connectivity index (χ4v) is 4.78. The van der Waals surface area contributed by atoms with Crippen molar-refractivity contribution in [3.05, 3.63) is 54.0 Å². The first-order valence-electron chi connectivity index (χ1n) is 8.52. The van der Waals surface area contributed by atoms with Crippen molar-refractivity contribution in [3.8, 4) is 0 Å². The van der Waals surface area contributed by atoms with Crippen LogP contribution in [0.3, 0.4) is 0 Å². The summed E-state index contributed by atoms with van der Waals surface area (Å²) in [6.07, 6.45) is 4.21. The lowest BCUT2D eigenvalue weighted by Gasteiger charge is -2.15. The molecule has 7 heteroatoms. The molecule has 0 unspecified atom stereocenters. The fraction of sp³-hybridized carbons (Fsp3) is 0.389. The Morgan fingerprint density at radius 1 is 1.08 bits per heavy atom. The van der Waals surface area contributed by atoms with Gasteiger partial charge in [0.2, 0.25) is 10.0 Å². The topological polar surface area (TPSA) is 62.3 Å². The van der Waals surface area contributed by atoms with Crippen molar-refractivity contribution in [1.29, 1.82) is 0 Å². The van der Waals surface area contributed by atoms with Crippen LogP contribution in [0.15, 0.2) is 47.5 Å². The Balaban J connectivity index is 1.41. The number of sulfonamides is 1. The van der Waals surface area contributed by atoms with E-state index in [-0.39, 0.29) is 16.8 Å². The Bertz CT molecular complexity index is 847. The van der Waals surface area contributed by atoms with E-state index >= 15 is 0 Å². The van der Waals surface area contributed by atoms with E-state index in [0.29, 0.717) is 24.8 Å². The molecule has 1 saturated heterocycles. The minimum Gasteiger partial charge on any atom is -0.367 e. The highest BCUT2D eigenvalue weighted by atomic mass is 32.2. The average Bonchev–Trinajstić information content (AvgIpc) is 3.14. The van der Waals surface area contributed by atoms with Crippen LogP contribution in [0.1, 0.15) is 30.7 Å². The van der Waals surface area contributed by atoms with E-state index in [1.54, 1.807) is 24.3 Å². The van der Waals surface area contributed by atoms with Gasteiger partial charge in [-0.2, -0.15) is 4.31 Å². The van der Waals surface area contributed by atoms with Gasteiger partial charge in [-0.15, -0.1) is 0 Å². The molecule has 0 radical (unpaired) electrons. The lowest BCUT2D eigenvalue weighted by atomic mass is 10.1. The first-order valence-corrected chi connectivity index (χ1v) is 9.96. The third-order valence-corrected chi connectivity index (χ3v) is 6.74. The van der Waals surface area contributed by atoms with Crippen molar-refractivity contribution in [2.24, 2.45) is 0 Å². The summed E-state index contributed by atoms with van der Waals surface area (Å²) >= 11 is 0. The van der Waals surface area contributed by atoms with Gasteiger partial charge in [-0.1, -0.05) is 12.1 Å². The van der Waals surface area contributed by atoms with Gasteiger partial charge in [0.1, 0.15) is 16.5 Å². The van der Waals surface area contributed by atoms with Crippen LogP contribution >= 0.6 is 0 Å². The summed E-state index contributed by atoms with van der Waals surface area (Å²) in [6, 6.07) is 10.1. The molecule has 132 valence electrons. The third-order valence-electron chi connectivity index (χ3n) is 4.86. The SMILES string of the molecule is O=S(=O)(c1ccc(N[C@@H]2C[C@H]2c2ccc(F)cc2)nc1)N1CCCC1. The van der Waals surface area contributed by atoms with Crippen LogP contribution in [0.5, 0.6) is 0 Å². The Morgan fingerprint density at radius 3 is 2.44 bits per heavy atom. The molecule has 0 bridgehead atoms. The van der Waals surface area contributed by atoms with Gasteiger partial charge in [0, 0.05) is 31.2 Å². The second-order valence-electron chi connectivity index (χ2n) is 6.63. The summed E-state index contributed by atoms with van der Waals surface area (Å²) in [5.41, 5.74) is 1.10. The molecule has 0 amide bonds. The van der Waals surface area contributed by atoms with Crippen molar-refractivity contribution in [1.82, 2.24) is 9.29 Å². The van der Waals surface area contributed by atoms with Gasteiger partial charge in [0.15, 0.2) is 0 Å². The summed E-state index contributed by atoms with van der Waals surface area (Å²) in [5, 5.41) is 3.31. The normalized spacial score (nSPS) is 23.6. The maximum absolute atomic E-state index is 13.0. The number of hydrogen-bond acceptors (Lipinski definition) is 4. The van der Waals surface area contributed by atoms with Gasteiger partial charge in [0.25, 0.3) is 0 Å². The predicted octanol–water partition coefficient (Wildman–Crippen LogP) is 2.97. The van der Waals surface area contributed by atoms with E-state index in [2.05, 4.69) is 10.3 Å². The molecule has 1 aliphatic heterocycles. The van der Waals surface area contributed by atoms with Crippen LogP contribution in [-0.4, -0.2) is 36.8 Å². The molecule has 0 spiro atoms. The molecule has 2 aromatic rings. The van der Waals surface area contributed by atoms with Crippen molar-refractivity contribution in [2.45, 2.75) is 36.1 Å². The van der Waals surface area contributed by atoms with Gasteiger partial charge in [-0.3, -0.25) is 0 Å². The Hall–Kier alpha value is -1.99. The Labute approximate surface area is 146 Å². The molecule has 4 rings (SSSR count). The van der Waals surface area contributed by atoms with Crippen molar-refractivity contribution < 1.29 is 12.8 Å². The van der Waals surface area contributed by atoms with E-state index in [9.17, 15) is 12.8 Å². The molecule has 5 nitrogen and oxygen atoms in total. The van der Waals surface area contributed by atoms with Crippen molar-refractivity contribution in [2.75, 3.05) is 18.4 Å². The molecular formula is C18H20FN3O2S. The van der Waals surface area contributed by atoms with Crippen LogP contribution in [0.4, 0.5) is 10.2 Å². The predicted molar refractivity (Wildman–Crippen MR) is 93.4 cm³/mol. The summed E-state index contributed by atoms with van der Waals surface area (Å²) in [7, 11) is -3.42. The molecule has 2 atom stereocenters. The van der Waals surface area contributed by atoms with Crippen molar-refractivity contribution in [3.63, 3.8) is 0 Å². The number of hydrogen-bond donors (Lipinski definition) is 1. The van der Waals surface area contributed by atoms with Crippen LogP contribution in [0, 0.1) is 5.82 Å². The molecule has 1 aliphatic carbocycles. The molecule has 25 heavy (non-hydrogen) atoms. The van der Waals surface area contributed by atoms with Crippen LogP contribution in [-0.2, 0) is 10.0 Å². The summed E-state index contributed by atoms with van der Waals surface area (Å²) in [4.78, 5) is 4.50. The van der Waals surface area contributed by atoms with Crippen LogP contribution in [0.25, 0.3) is 0 Å². The van der Waals surface area contributed by atoms with E-state index in [1.165, 1.54) is 22.6 Å². The standard InChI is InChI=1S/C18H20FN3O2S/c19-14-5-3-13(4-6-14)16-11-17(16)21-18-8-7-15(12-20-18)25(23,24)22-9-1-2-10-22/h3-8,12,16-17H,1-2,9-11H2,(H,20,21)/t16-,17+/m0/s1. The number of nitrogens with one attached hydrogen (secondary N) is 1. The summed E-state index contributed by atoms with van der Waals surface area (Å²) in [6.45, 7) is 1.17. The second-order valence-corrected chi connectivity index (χ2v) is 8.57. The zero-order chi connectivity index (χ0) is 17.4. The largest absolute Gasteiger partial charge is 0.367 e. The lowest BCUT2D eigenvalue weighted by Crippen LogP contribution is -2.27. The molecule has 1 aromatic heterocycles. The molecule has 2 aliphatic rings. The summed E-state index contributed by atoms with van der Waals surface area (Å²) in [5.74, 6) is 0.774. The maximum atomic E-state index is 13.0. The Kier molecular flexibility index (Phi) is 4.21. The first-order chi connectivity index (χ1) is 12.0. The molecular weight excluding hydrogens is 341 g/mol. The van der Waals surface area contributed by atoms with Gasteiger partial charge in [-0.05, 0) is 49.1 Å². The van der Waals surface area contributed by atoms with Crippen LogP contribution in [0.2, 0.25) is 0 Å². The monoisotopic (exact) mass is 361 g/mol. The highest BCUT2D eigenvalue weighted by Crippen LogP contribution is 2.42. The first kappa shape index (κ1) is 16.5. The van der Waals surface area contributed by atoms with E-state index in [4.69, 9.17) is 0 Å². The molecule has 1 N–H and O–H groups in total. The highest BCUT2D eigenvalue weighted by Gasteiger charge is 2.38. The minimum atomic E-state index is -3.42. The highest BCUT2D eigenvalue weighted by molar-refractivity contribution is 7.89. The second kappa shape index (κ2) is 6.38. The smallest absolute Gasteiger partial charge is 0.244 e. The van der Waals surface area contributed by atoms with Gasteiger partial charge >= 0.3 is 0 Å². The van der Waals surface area contributed by atoms with Gasteiger partial charge < -0.3 is 5.32 Å². The number of aromatic nitrogens is 1. The lowest BCUT2D eigenvalue weighted by molar-refractivity contribution is 0.477.